The first-order valence-electron chi connectivity index (χ1n) is 6.73. The predicted molar refractivity (Wildman–Crippen MR) is 71.3 cm³/mol. The van der Waals surface area contributed by atoms with Crippen LogP contribution in [-0.4, -0.2) is 12.1 Å². The molecular weight excluding hydrogens is 210 g/mol. The van der Waals surface area contributed by atoms with E-state index in [0.29, 0.717) is 12.1 Å². The first-order valence-corrected chi connectivity index (χ1v) is 6.73. The van der Waals surface area contributed by atoms with Gasteiger partial charge in [0, 0.05) is 12.6 Å². The van der Waals surface area contributed by atoms with Gasteiger partial charge in [-0.25, -0.2) is 0 Å². The normalized spacial score (nSPS) is 16.6. The van der Waals surface area contributed by atoms with Crippen molar-refractivity contribution in [3.8, 4) is 5.75 Å². The number of benzene rings is 1. The Hall–Kier alpha value is -1.02. The summed E-state index contributed by atoms with van der Waals surface area (Å²) in [7, 11) is 0. The molecule has 0 atom stereocenters. The first-order chi connectivity index (χ1) is 8.24. The van der Waals surface area contributed by atoms with Crippen LogP contribution in [-0.2, 0) is 6.54 Å². The molecule has 1 aromatic rings. The molecule has 0 bridgehead atoms. The van der Waals surface area contributed by atoms with Crippen molar-refractivity contribution in [2.75, 3.05) is 0 Å². The Morgan fingerprint density at radius 1 is 1.29 bits per heavy atom. The molecule has 1 aromatic carbocycles. The molecule has 2 heteroatoms. The van der Waals surface area contributed by atoms with Gasteiger partial charge >= 0.3 is 0 Å². The van der Waals surface area contributed by atoms with Crippen molar-refractivity contribution >= 4 is 0 Å². The van der Waals surface area contributed by atoms with Crippen molar-refractivity contribution in [2.24, 2.45) is 0 Å². The zero-order valence-electron chi connectivity index (χ0n) is 10.9. The fourth-order valence-electron chi connectivity index (χ4n) is 2.25. The van der Waals surface area contributed by atoms with Crippen LogP contribution in [0.1, 0.15) is 45.1 Å². The summed E-state index contributed by atoms with van der Waals surface area (Å²) in [6, 6.07) is 8.98. The molecule has 1 aliphatic rings. The summed E-state index contributed by atoms with van der Waals surface area (Å²) in [5, 5.41) is 3.43. The van der Waals surface area contributed by atoms with Gasteiger partial charge < -0.3 is 10.1 Å². The second-order valence-electron chi connectivity index (χ2n) is 5.21. The lowest BCUT2D eigenvalue weighted by molar-refractivity contribution is 0.210. The highest BCUT2D eigenvalue weighted by atomic mass is 16.5. The van der Waals surface area contributed by atoms with Crippen LogP contribution >= 0.6 is 0 Å². The molecule has 0 heterocycles. The number of hydrogen-bond acceptors (Lipinski definition) is 2. The molecule has 94 valence electrons. The van der Waals surface area contributed by atoms with Crippen LogP contribution in [0.2, 0.25) is 0 Å². The summed E-state index contributed by atoms with van der Waals surface area (Å²) >= 11 is 0. The first kappa shape index (κ1) is 12.4. The summed E-state index contributed by atoms with van der Waals surface area (Å²) < 4.78 is 5.99. The minimum Gasteiger partial charge on any atom is -0.490 e. The van der Waals surface area contributed by atoms with Crippen molar-refractivity contribution < 1.29 is 4.74 Å². The van der Waals surface area contributed by atoms with Gasteiger partial charge in [-0.05, 0) is 43.4 Å². The molecular formula is C15H23NO. The molecule has 0 aromatic heterocycles. The van der Waals surface area contributed by atoms with Gasteiger partial charge in [0.15, 0.2) is 0 Å². The third-order valence-electron chi connectivity index (χ3n) is 3.22. The summed E-state index contributed by atoms with van der Waals surface area (Å²) in [6.07, 6.45) is 5.52. The van der Waals surface area contributed by atoms with Gasteiger partial charge in [0.25, 0.3) is 0 Å². The van der Waals surface area contributed by atoms with Crippen LogP contribution in [0.3, 0.4) is 0 Å². The lowest BCUT2D eigenvalue weighted by Crippen LogP contribution is -2.21. The largest absolute Gasteiger partial charge is 0.490 e. The Bertz CT molecular complexity index is 343. The third-order valence-corrected chi connectivity index (χ3v) is 3.22. The van der Waals surface area contributed by atoms with Crippen molar-refractivity contribution in [1.82, 2.24) is 5.32 Å². The van der Waals surface area contributed by atoms with E-state index in [1.54, 1.807) is 0 Å². The van der Waals surface area contributed by atoms with E-state index in [4.69, 9.17) is 4.74 Å². The highest BCUT2D eigenvalue weighted by Gasteiger charge is 2.16. The van der Waals surface area contributed by atoms with E-state index in [1.807, 2.05) is 0 Å². The third kappa shape index (κ3) is 4.04. The van der Waals surface area contributed by atoms with E-state index in [2.05, 4.69) is 43.4 Å². The Balaban J connectivity index is 1.91. The topological polar surface area (TPSA) is 21.3 Å². The lowest BCUT2D eigenvalue weighted by atomic mass is 10.2. The fourth-order valence-corrected chi connectivity index (χ4v) is 2.25. The second kappa shape index (κ2) is 6.06. The Morgan fingerprint density at radius 2 is 2.06 bits per heavy atom. The molecule has 0 radical (unpaired) electrons. The number of hydrogen-bond donors (Lipinski definition) is 1. The van der Waals surface area contributed by atoms with E-state index in [1.165, 1.54) is 31.2 Å². The molecule has 0 spiro atoms. The van der Waals surface area contributed by atoms with Gasteiger partial charge in [-0.1, -0.05) is 26.0 Å². The standard InChI is InChI=1S/C15H23NO/c1-12(2)16-11-13-6-5-9-15(10-13)17-14-7-3-4-8-14/h5-6,9-10,12,14,16H,3-4,7-8,11H2,1-2H3. The second-order valence-corrected chi connectivity index (χ2v) is 5.21. The van der Waals surface area contributed by atoms with Crippen molar-refractivity contribution in [3.05, 3.63) is 29.8 Å². The fraction of sp³-hybridized carbons (Fsp3) is 0.600. The van der Waals surface area contributed by atoms with Gasteiger partial charge in [0.05, 0.1) is 6.10 Å². The van der Waals surface area contributed by atoms with E-state index in [9.17, 15) is 0 Å². The maximum atomic E-state index is 5.99. The molecule has 1 saturated carbocycles. The quantitative estimate of drug-likeness (QED) is 0.840. The van der Waals surface area contributed by atoms with Crippen molar-refractivity contribution in [1.29, 1.82) is 0 Å². The van der Waals surface area contributed by atoms with E-state index >= 15 is 0 Å². The van der Waals surface area contributed by atoms with Crippen LogP contribution in [0.5, 0.6) is 5.75 Å². The van der Waals surface area contributed by atoms with Crippen LogP contribution in [0.15, 0.2) is 24.3 Å². The van der Waals surface area contributed by atoms with E-state index in [0.717, 1.165) is 12.3 Å². The Morgan fingerprint density at radius 3 is 2.76 bits per heavy atom. The predicted octanol–water partition coefficient (Wildman–Crippen LogP) is 3.51. The van der Waals surface area contributed by atoms with Crippen molar-refractivity contribution in [2.45, 2.75) is 58.2 Å². The van der Waals surface area contributed by atoms with Gasteiger partial charge in [0.2, 0.25) is 0 Å². The number of rotatable bonds is 5. The highest BCUT2D eigenvalue weighted by molar-refractivity contribution is 5.28. The lowest BCUT2D eigenvalue weighted by Gasteiger charge is -2.14. The van der Waals surface area contributed by atoms with Gasteiger partial charge in [-0.2, -0.15) is 0 Å². The van der Waals surface area contributed by atoms with Gasteiger partial charge in [0.1, 0.15) is 5.75 Å². The molecule has 0 aliphatic heterocycles. The van der Waals surface area contributed by atoms with E-state index in [-0.39, 0.29) is 0 Å². The van der Waals surface area contributed by atoms with Gasteiger partial charge in [-0.15, -0.1) is 0 Å². The Labute approximate surface area is 104 Å². The molecule has 0 unspecified atom stereocenters. The minimum atomic E-state index is 0.448. The molecule has 1 fully saturated rings. The van der Waals surface area contributed by atoms with Crippen LogP contribution in [0.25, 0.3) is 0 Å². The van der Waals surface area contributed by atoms with Gasteiger partial charge in [-0.3, -0.25) is 0 Å². The molecule has 17 heavy (non-hydrogen) atoms. The number of ether oxygens (including phenoxy) is 1. The zero-order chi connectivity index (χ0) is 12.1. The van der Waals surface area contributed by atoms with E-state index < -0.39 is 0 Å². The maximum absolute atomic E-state index is 5.99. The average Bonchev–Trinajstić information content (AvgIpc) is 2.80. The van der Waals surface area contributed by atoms with Crippen molar-refractivity contribution in [3.63, 3.8) is 0 Å². The summed E-state index contributed by atoms with van der Waals surface area (Å²) in [6.45, 7) is 5.25. The monoisotopic (exact) mass is 233 g/mol. The average molecular weight is 233 g/mol. The molecule has 0 amide bonds. The SMILES string of the molecule is CC(C)NCc1cccc(OC2CCCC2)c1. The Kier molecular flexibility index (Phi) is 4.43. The molecule has 2 rings (SSSR count). The van der Waals surface area contributed by atoms with Crippen LogP contribution in [0, 0.1) is 0 Å². The zero-order valence-corrected chi connectivity index (χ0v) is 10.9. The smallest absolute Gasteiger partial charge is 0.120 e. The minimum absolute atomic E-state index is 0.448. The summed E-state index contributed by atoms with van der Waals surface area (Å²) in [5.41, 5.74) is 1.30. The van der Waals surface area contributed by atoms with Crippen LogP contribution < -0.4 is 10.1 Å². The van der Waals surface area contributed by atoms with Crippen LogP contribution in [0.4, 0.5) is 0 Å². The molecule has 2 nitrogen and oxygen atoms in total. The summed E-state index contributed by atoms with van der Waals surface area (Å²) in [5.74, 6) is 1.03. The maximum Gasteiger partial charge on any atom is 0.120 e. The summed E-state index contributed by atoms with van der Waals surface area (Å²) in [4.78, 5) is 0. The molecule has 0 saturated heterocycles. The number of nitrogens with one attached hydrogen (secondary N) is 1. The molecule has 1 aliphatic carbocycles. The highest BCUT2D eigenvalue weighted by Crippen LogP contribution is 2.24. The molecule has 1 N–H and O–H groups in total.